The van der Waals surface area contributed by atoms with Crippen molar-refractivity contribution >= 4 is 44.7 Å². The van der Waals surface area contributed by atoms with Crippen LogP contribution in [-0.4, -0.2) is 9.91 Å². The van der Waals surface area contributed by atoms with E-state index in [1.807, 2.05) is 24.3 Å². The van der Waals surface area contributed by atoms with Crippen LogP contribution >= 0.6 is 23.1 Å². The first-order chi connectivity index (χ1) is 10.1. The van der Waals surface area contributed by atoms with Gasteiger partial charge in [0.25, 0.3) is 5.69 Å². The zero-order chi connectivity index (χ0) is 14.8. The number of aromatic nitrogens is 1. The highest BCUT2D eigenvalue weighted by Crippen LogP contribution is 2.32. The van der Waals surface area contributed by atoms with Crippen LogP contribution in [0.15, 0.2) is 46.8 Å². The van der Waals surface area contributed by atoms with Crippen molar-refractivity contribution in [3.05, 3.63) is 58.1 Å². The Hall–Kier alpha value is -2.12. The Morgan fingerprint density at radius 3 is 2.81 bits per heavy atom. The zero-order valence-corrected chi connectivity index (χ0v) is 12.5. The highest BCUT2D eigenvalue weighted by atomic mass is 32.2. The molecule has 0 unspecified atom stereocenters. The summed E-state index contributed by atoms with van der Waals surface area (Å²) in [5, 5.41) is 10.7. The third-order valence-corrected chi connectivity index (χ3v) is 5.18. The van der Waals surface area contributed by atoms with Crippen LogP contribution < -0.4 is 5.73 Å². The quantitative estimate of drug-likeness (QED) is 0.339. The number of hydrogen-bond donors (Lipinski definition) is 1. The minimum absolute atomic E-state index is 0.0521. The van der Waals surface area contributed by atoms with Crippen LogP contribution in [0.4, 0.5) is 11.4 Å². The number of hydrogen-bond acceptors (Lipinski definition) is 6. The third-order valence-electron chi connectivity index (χ3n) is 2.93. The number of benzene rings is 2. The molecule has 5 nitrogen and oxygen atoms in total. The predicted octanol–water partition coefficient (Wildman–Crippen LogP) is 4.08. The summed E-state index contributed by atoms with van der Waals surface area (Å²) >= 11 is 3.25. The summed E-state index contributed by atoms with van der Waals surface area (Å²) < 4.78 is 2.14. The molecule has 1 aromatic heterocycles. The van der Waals surface area contributed by atoms with Gasteiger partial charge in [0, 0.05) is 11.8 Å². The Bertz CT molecular complexity index is 784. The second-order valence-corrected chi connectivity index (χ2v) is 6.64. The van der Waals surface area contributed by atoms with Crippen molar-refractivity contribution in [2.24, 2.45) is 0 Å². The Morgan fingerprint density at radius 2 is 2.10 bits per heavy atom. The van der Waals surface area contributed by atoms with Gasteiger partial charge in [0.1, 0.15) is 5.69 Å². The summed E-state index contributed by atoms with van der Waals surface area (Å²) in [6, 6.07) is 12.8. The molecule has 1 heterocycles. The molecule has 3 rings (SSSR count). The van der Waals surface area contributed by atoms with E-state index in [1.54, 1.807) is 35.2 Å². The van der Waals surface area contributed by atoms with Crippen LogP contribution in [0.1, 0.15) is 5.56 Å². The number of nitro benzene ring substituents is 1. The van der Waals surface area contributed by atoms with Gasteiger partial charge >= 0.3 is 0 Å². The van der Waals surface area contributed by atoms with Gasteiger partial charge < -0.3 is 5.73 Å². The largest absolute Gasteiger partial charge is 0.393 e. The topological polar surface area (TPSA) is 82.0 Å². The first-order valence-electron chi connectivity index (χ1n) is 6.14. The van der Waals surface area contributed by atoms with E-state index in [2.05, 4.69) is 4.98 Å². The van der Waals surface area contributed by atoms with Gasteiger partial charge in [-0.3, -0.25) is 10.1 Å². The number of fused-ring (bicyclic) bond motifs is 1. The van der Waals surface area contributed by atoms with E-state index in [9.17, 15) is 10.1 Å². The SMILES string of the molecule is Nc1cc(CSc2nc3ccccc3s2)ccc1[N+](=O)[O-]. The van der Waals surface area contributed by atoms with Crippen molar-refractivity contribution in [3.8, 4) is 0 Å². The number of thiazole rings is 1. The Kier molecular flexibility index (Phi) is 3.76. The summed E-state index contributed by atoms with van der Waals surface area (Å²) in [6.07, 6.45) is 0. The molecule has 0 aliphatic carbocycles. The maximum absolute atomic E-state index is 10.7. The van der Waals surface area contributed by atoms with Gasteiger partial charge in [0.15, 0.2) is 4.34 Å². The van der Waals surface area contributed by atoms with Crippen LogP contribution in [0.25, 0.3) is 10.2 Å². The molecule has 0 aliphatic rings. The van der Waals surface area contributed by atoms with E-state index in [0.717, 1.165) is 20.1 Å². The summed E-state index contributed by atoms with van der Waals surface area (Å²) in [5.74, 6) is 0.683. The molecule has 21 heavy (non-hydrogen) atoms. The molecule has 7 heteroatoms. The van der Waals surface area contributed by atoms with Crippen molar-refractivity contribution in [1.29, 1.82) is 0 Å². The summed E-state index contributed by atoms with van der Waals surface area (Å²) in [6.45, 7) is 0. The number of nitrogen functional groups attached to an aromatic ring is 1. The van der Waals surface area contributed by atoms with Gasteiger partial charge in [-0.25, -0.2) is 4.98 Å². The lowest BCUT2D eigenvalue weighted by Gasteiger charge is -2.01. The average molecular weight is 317 g/mol. The number of para-hydroxylation sites is 1. The lowest BCUT2D eigenvalue weighted by molar-refractivity contribution is -0.383. The number of rotatable bonds is 4. The molecule has 106 valence electrons. The van der Waals surface area contributed by atoms with E-state index in [1.165, 1.54) is 6.07 Å². The molecule has 3 aromatic rings. The molecule has 0 bridgehead atoms. The van der Waals surface area contributed by atoms with Crippen LogP contribution in [0.5, 0.6) is 0 Å². The Morgan fingerprint density at radius 1 is 1.29 bits per heavy atom. The fourth-order valence-electron chi connectivity index (χ4n) is 1.92. The standard InChI is InChI=1S/C14H11N3O2S2/c15-10-7-9(5-6-12(10)17(18)19)8-20-14-16-11-3-1-2-4-13(11)21-14/h1-7H,8,15H2. The van der Waals surface area contributed by atoms with Gasteiger partial charge in [0.05, 0.1) is 15.1 Å². The van der Waals surface area contributed by atoms with Crippen molar-refractivity contribution in [2.45, 2.75) is 10.1 Å². The van der Waals surface area contributed by atoms with Gasteiger partial charge in [-0.2, -0.15) is 0 Å². The van der Waals surface area contributed by atoms with E-state index in [-0.39, 0.29) is 11.4 Å². The molecule has 0 radical (unpaired) electrons. The fourth-order valence-corrected chi connectivity index (χ4v) is 3.93. The van der Waals surface area contributed by atoms with Gasteiger partial charge in [-0.05, 0) is 23.8 Å². The highest BCUT2D eigenvalue weighted by Gasteiger charge is 2.11. The molecule has 0 atom stereocenters. The lowest BCUT2D eigenvalue weighted by atomic mass is 10.2. The second kappa shape index (κ2) is 5.71. The molecule has 0 aliphatic heterocycles. The van der Waals surface area contributed by atoms with Crippen LogP contribution in [0, 0.1) is 10.1 Å². The normalized spacial score (nSPS) is 10.9. The predicted molar refractivity (Wildman–Crippen MR) is 86.7 cm³/mol. The third kappa shape index (κ3) is 2.98. The molecule has 2 N–H and O–H groups in total. The first kappa shape index (κ1) is 13.8. The second-order valence-electron chi connectivity index (χ2n) is 4.39. The lowest BCUT2D eigenvalue weighted by Crippen LogP contribution is -1.96. The van der Waals surface area contributed by atoms with E-state index in [4.69, 9.17) is 5.73 Å². The number of nitro groups is 1. The van der Waals surface area contributed by atoms with Crippen LogP contribution in [0.3, 0.4) is 0 Å². The van der Waals surface area contributed by atoms with E-state index in [0.29, 0.717) is 5.75 Å². The Labute approximate surface area is 129 Å². The van der Waals surface area contributed by atoms with Crippen molar-refractivity contribution < 1.29 is 4.92 Å². The zero-order valence-electron chi connectivity index (χ0n) is 10.9. The number of nitrogens with two attached hydrogens (primary N) is 1. The minimum Gasteiger partial charge on any atom is -0.393 e. The summed E-state index contributed by atoms with van der Waals surface area (Å²) in [7, 11) is 0. The maximum atomic E-state index is 10.7. The van der Waals surface area contributed by atoms with Gasteiger partial charge in [0.2, 0.25) is 0 Å². The minimum atomic E-state index is -0.472. The smallest absolute Gasteiger partial charge is 0.292 e. The monoisotopic (exact) mass is 317 g/mol. The number of thioether (sulfide) groups is 1. The molecular weight excluding hydrogens is 306 g/mol. The summed E-state index contributed by atoms with van der Waals surface area (Å²) in [5.41, 5.74) is 7.77. The average Bonchev–Trinajstić information content (AvgIpc) is 2.87. The molecule has 0 saturated heterocycles. The Balaban J connectivity index is 1.75. The molecule has 0 amide bonds. The van der Waals surface area contributed by atoms with E-state index >= 15 is 0 Å². The first-order valence-corrected chi connectivity index (χ1v) is 7.95. The molecular formula is C14H11N3O2S2. The van der Waals surface area contributed by atoms with Crippen molar-refractivity contribution in [1.82, 2.24) is 4.98 Å². The van der Waals surface area contributed by atoms with Crippen molar-refractivity contribution in [3.63, 3.8) is 0 Å². The van der Waals surface area contributed by atoms with Crippen LogP contribution in [0.2, 0.25) is 0 Å². The summed E-state index contributed by atoms with van der Waals surface area (Å²) in [4.78, 5) is 14.8. The molecule has 0 fully saturated rings. The fraction of sp³-hybridized carbons (Fsp3) is 0.0714. The highest BCUT2D eigenvalue weighted by molar-refractivity contribution is 8.00. The number of anilines is 1. The number of nitrogens with zero attached hydrogens (tertiary/aromatic N) is 2. The molecule has 0 saturated carbocycles. The van der Waals surface area contributed by atoms with Crippen LogP contribution in [-0.2, 0) is 5.75 Å². The van der Waals surface area contributed by atoms with Gasteiger partial charge in [-0.1, -0.05) is 30.0 Å². The van der Waals surface area contributed by atoms with Crippen molar-refractivity contribution in [2.75, 3.05) is 5.73 Å². The molecule has 0 spiro atoms. The van der Waals surface area contributed by atoms with E-state index < -0.39 is 4.92 Å². The van der Waals surface area contributed by atoms with Gasteiger partial charge in [-0.15, -0.1) is 11.3 Å². The molecule has 2 aromatic carbocycles. The maximum Gasteiger partial charge on any atom is 0.292 e.